The smallest absolute Gasteiger partial charge is 0.125 e. The van der Waals surface area contributed by atoms with E-state index in [9.17, 15) is 0 Å². The van der Waals surface area contributed by atoms with Crippen LogP contribution >= 0.6 is 0 Å². The van der Waals surface area contributed by atoms with Crippen molar-refractivity contribution in [2.45, 2.75) is 6.42 Å². The first-order chi connectivity index (χ1) is 10.3. The number of pyridine rings is 1. The van der Waals surface area contributed by atoms with Crippen LogP contribution in [0.1, 0.15) is 11.1 Å². The molecular formula is C18H15N3. The van der Waals surface area contributed by atoms with Crippen molar-refractivity contribution in [1.82, 2.24) is 4.98 Å². The van der Waals surface area contributed by atoms with E-state index in [1.54, 1.807) is 6.20 Å². The predicted molar refractivity (Wildman–Crippen MR) is 86.6 cm³/mol. The van der Waals surface area contributed by atoms with E-state index in [2.05, 4.69) is 52.8 Å². The van der Waals surface area contributed by atoms with Gasteiger partial charge in [-0.25, -0.2) is 4.98 Å². The van der Waals surface area contributed by atoms with E-state index >= 15 is 0 Å². The van der Waals surface area contributed by atoms with Crippen LogP contribution in [0.15, 0.2) is 60.8 Å². The summed E-state index contributed by atoms with van der Waals surface area (Å²) in [4.78, 5) is 4.00. The van der Waals surface area contributed by atoms with Crippen LogP contribution in [0.2, 0.25) is 0 Å². The molecule has 0 spiro atoms. The van der Waals surface area contributed by atoms with Crippen molar-refractivity contribution in [3.05, 3.63) is 71.9 Å². The molecule has 4 rings (SSSR count). The average Bonchev–Trinajstić information content (AvgIpc) is 2.85. The molecule has 102 valence electrons. The van der Waals surface area contributed by atoms with Crippen LogP contribution in [0.3, 0.4) is 0 Å². The molecule has 1 aliphatic rings. The summed E-state index contributed by atoms with van der Waals surface area (Å²) in [5.41, 5.74) is 13.2. The molecule has 1 aromatic heterocycles. The van der Waals surface area contributed by atoms with Crippen LogP contribution in [0.5, 0.6) is 0 Å². The van der Waals surface area contributed by atoms with Crippen LogP contribution in [-0.4, -0.2) is 4.98 Å². The van der Waals surface area contributed by atoms with Crippen molar-refractivity contribution in [2.24, 2.45) is 0 Å². The second-order valence-electron chi connectivity index (χ2n) is 5.30. The summed E-state index contributed by atoms with van der Waals surface area (Å²) in [5.74, 6) is 0.522. The Morgan fingerprint density at radius 2 is 1.67 bits per heavy atom. The van der Waals surface area contributed by atoms with Crippen LogP contribution in [-0.2, 0) is 6.42 Å². The van der Waals surface area contributed by atoms with Crippen molar-refractivity contribution in [3.8, 4) is 11.1 Å². The first-order valence-electron chi connectivity index (χ1n) is 6.99. The summed E-state index contributed by atoms with van der Waals surface area (Å²) >= 11 is 0. The van der Waals surface area contributed by atoms with Crippen molar-refractivity contribution in [2.75, 3.05) is 11.1 Å². The molecule has 0 fully saturated rings. The van der Waals surface area contributed by atoms with E-state index in [1.165, 1.54) is 22.3 Å². The highest BCUT2D eigenvalue weighted by atomic mass is 14.9. The highest BCUT2D eigenvalue weighted by Gasteiger charge is 2.17. The topological polar surface area (TPSA) is 50.9 Å². The average molecular weight is 273 g/mol. The Kier molecular flexibility index (Phi) is 2.64. The summed E-state index contributed by atoms with van der Waals surface area (Å²) in [6.07, 6.45) is 2.71. The SMILES string of the molecule is Nc1cc(Nc2ccc3c(c2)Cc2ccccc2-3)ccn1. The third-order valence-electron chi connectivity index (χ3n) is 3.86. The molecule has 0 radical (unpaired) electrons. The Hall–Kier alpha value is -2.81. The number of nitrogens with one attached hydrogen (secondary N) is 1. The van der Waals surface area contributed by atoms with Gasteiger partial charge in [0.25, 0.3) is 0 Å². The zero-order valence-electron chi connectivity index (χ0n) is 11.5. The van der Waals surface area contributed by atoms with Crippen molar-refractivity contribution < 1.29 is 0 Å². The molecule has 0 amide bonds. The predicted octanol–water partition coefficient (Wildman–Crippen LogP) is 3.98. The maximum Gasteiger partial charge on any atom is 0.125 e. The minimum absolute atomic E-state index is 0.522. The summed E-state index contributed by atoms with van der Waals surface area (Å²) in [6, 6.07) is 18.9. The van der Waals surface area contributed by atoms with Crippen LogP contribution in [0.25, 0.3) is 11.1 Å². The van der Waals surface area contributed by atoms with Crippen LogP contribution in [0, 0.1) is 0 Å². The summed E-state index contributed by atoms with van der Waals surface area (Å²) in [6.45, 7) is 0. The number of nitrogens with zero attached hydrogens (tertiary/aromatic N) is 1. The number of fused-ring (bicyclic) bond motifs is 3. The zero-order chi connectivity index (χ0) is 14.2. The second kappa shape index (κ2) is 4.63. The van der Waals surface area contributed by atoms with Gasteiger partial charge in [0.1, 0.15) is 5.82 Å². The van der Waals surface area contributed by atoms with Gasteiger partial charge in [0.2, 0.25) is 0 Å². The Bertz CT molecular complexity index is 824. The van der Waals surface area contributed by atoms with Gasteiger partial charge in [-0.1, -0.05) is 30.3 Å². The maximum atomic E-state index is 5.71. The van der Waals surface area contributed by atoms with E-state index in [-0.39, 0.29) is 0 Å². The Balaban J connectivity index is 1.67. The highest BCUT2D eigenvalue weighted by molar-refractivity contribution is 5.79. The molecule has 2 aromatic carbocycles. The standard InChI is InChI=1S/C18H15N3/c19-18-11-15(7-8-20-18)21-14-5-6-17-13(10-14)9-12-3-1-2-4-16(12)17/h1-8,10-11H,9H2,(H3,19,20,21). The molecule has 0 bridgehead atoms. The van der Waals surface area contributed by atoms with Crippen molar-refractivity contribution in [3.63, 3.8) is 0 Å². The molecular weight excluding hydrogens is 258 g/mol. The molecule has 1 heterocycles. The number of aromatic nitrogens is 1. The van der Waals surface area contributed by atoms with Gasteiger partial charge in [-0.15, -0.1) is 0 Å². The van der Waals surface area contributed by atoms with Gasteiger partial charge in [-0.05, 0) is 46.9 Å². The third kappa shape index (κ3) is 2.13. The minimum Gasteiger partial charge on any atom is -0.384 e. The molecule has 0 aliphatic heterocycles. The fraction of sp³-hybridized carbons (Fsp3) is 0.0556. The molecule has 0 unspecified atom stereocenters. The summed E-state index contributed by atoms with van der Waals surface area (Å²) in [7, 11) is 0. The van der Waals surface area contributed by atoms with E-state index in [1.807, 2.05) is 12.1 Å². The summed E-state index contributed by atoms with van der Waals surface area (Å²) < 4.78 is 0. The molecule has 1 aliphatic carbocycles. The molecule has 3 N–H and O–H groups in total. The van der Waals surface area contributed by atoms with Crippen LogP contribution < -0.4 is 11.1 Å². The van der Waals surface area contributed by atoms with Gasteiger partial charge in [0.05, 0.1) is 0 Å². The van der Waals surface area contributed by atoms with Gasteiger partial charge in [-0.3, -0.25) is 0 Å². The van der Waals surface area contributed by atoms with Crippen LogP contribution in [0.4, 0.5) is 17.2 Å². The first-order valence-corrected chi connectivity index (χ1v) is 6.99. The van der Waals surface area contributed by atoms with Crippen molar-refractivity contribution >= 4 is 17.2 Å². The number of hydrogen-bond acceptors (Lipinski definition) is 3. The number of nitrogens with two attached hydrogens (primary N) is 1. The molecule has 0 saturated carbocycles. The Labute approximate surface area is 123 Å². The molecule has 3 heteroatoms. The zero-order valence-corrected chi connectivity index (χ0v) is 11.5. The quantitative estimate of drug-likeness (QED) is 0.581. The first kappa shape index (κ1) is 12.0. The van der Waals surface area contributed by atoms with Gasteiger partial charge in [0, 0.05) is 23.6 Å². The normalized spacial score (nSPS) is 11.8. The summed E-state index contributed by atoms with van der Waals surface area (Å²) in [5, 5.41) is 3.38. The lowest BCUT2D eigenvalue weighted by Gasteiger charge is -2.09. The maximum absolute atomic E-state index is 5.71. The largest absolute Gasteiger partial charge is 0.384 e. The van der Waals surface area contributed by atoms with E-state index in [4.69, 9.17) is 5.73 Å². The Morgan fingerprint density at radius 3 is 2.57 bits per heavy atom. The van der Waals surface area contributed by atoms with Gasteiger partial charge >= 0.3 is 0 Å². The third-order valence-corrected chi connectivity index (χ3v) is 3.86. The van der Waals surface area contributed by atoms with E-state index < -0.39 is 0 Å². The Morgan fingerprint density at radius 1 is 0.857 bits per heavy atom. The van der Waals surface area contributed by atoms with Gasteiger partial charge < -0.3 is 11.1 Å². The number of nitrogen functional groups attached to an aromatic ring is 1. The van der Waals surface area contributed by atoms with Gasteiger partial charge in [0.15, 0.2) is 0 Å². The number of hydrogen-bond donors (Lipinski definition) is 2. The van der Waals surface area contributed by atoms with Crippen molar-refractivity contribution in [1.29, 1.82) is 0 Å². The fourth-order valence-corrected chi connectivity index (χ4v) is 2.92. The lowest BCUT2D eigenvalue weighted by Crippen LogP contribution is -1.95. The minimum atomic E-state index is 0.522. The lowest BCUT2D eigenvalue weighted by atomic mass is 10.1. The number of rotatable bonds is 2. The van der Waals surface area contributed by atoms with E-state index in [0.29, 0.717) is 5.82 Å². The monoisotopic (exact) mass is 273 g/mol. The molecule has 21 heavy (non-hydrogen) atoms. The highest BCUT2D eigenvalue weighted by Crippen LogP contribution is 2.37. The second-order valence-corrected chi connectivity index (χ2v) is 5.30. The number of benzene rings is 2. The molecule has 0 saturated heterocycles. The fourth-order valence-electron chi connectivity index (χ4n) is 2.92. The van der Waals surface area contributed by atoms with Gasteiger partial charge in [-0.2, -0.15) is 0 Å². The molecule has 3 aromatic rings. The molecule has 0 atom stereocenters. The number of anilines is 3. The van der Waals surface area contributed by atoms with E-state index in [0.717, 1.165) is 17.8 Å². The molecule has 3 nitrogen and oxygen atoms in total. The lowest BCUT2D eigenvalue weighted by molar-refractivity contribution is 1.26.